The zero-order chi connectivity index (χ0) is 22.6. The van der Waals surface area contributed by atoms with E-state index in [0.29, 0.717) is 12.5 Å². The molecule has 2 aromatic heterocycles. The maximum absolute atomic E-state index is 12.7. The number of hydrogen-bond donors (Lipinski definition) is 0. The molecule has 5 nitrogen and oxygen atoms in total. The Balaban J connectivity index is 1.46. The number of rotatable bonds is 7. The average molecular weight is 441 g/mol. The molecular formula is C28H28N2O3. The Morgan fingerprint density at radius 2 is 1.82 bits per heavy atom. The van der Waals surface area contributed by atoms with E-state index in [-0.39, 0.29) is 11.9 Å². The van der Waals surface area contributed by atoms with Crippen molar-refractivity contribution in [1.29, 1.82) is 0 Å². The third kappa shape index (κ3) is 4.49. The third-order valence-corrected chi connectivity index (χ3v) is 6.58. The maximum Gasteiger partial charge on any atom is 0.313 e. The van der Waals surface area contributed by atoms with Gasteiger partial charge in [0, 0.05) is 17.8 Å². The van der Waals surface area contributed by atoms with E-state index < -0.39 is 0 Å². The van der Waals surface area contributed by atoms with Crippen molar-refractivity contribution in [2.24, 2.45) is 5.92 Å². The van der Waals surface area contributed by atoms with Crippen LogP contribution in [0, 0.1) is 5.92 Å². The van der Waals surface area contributed by atoms with Crippen LogP contribution in [0.25, 0.3) is 16.6 Å². The summed E-state index contributed by atoms with van der Waals surface area (Å²) >= 11 is 0. The molecule has 2 aromatic carbocycles. The Hall–Kier alpha value is -3.60. The minimum Gasteiger partial charge on any atom is -0.485 e. The van der Waals surface area contributed by atoms with Crippen LogP contribution < -0.4 is 4.74 Å². The molecule has 168 valence electrons. The number of hydrogen-bond acceptors (Lipinski definition) is 4. The minimum absolute atomic E-state index is 0.158. The zero-order valence-corrected chi connectivity index (χ0v) is 18.8. The monoisotopic (exact) mass is 440 g/mol. The summed E-state index contributed by atoms with van der Waals surface area (Å²) in [5.41, 5.74) is 3.71. The summed E-state index contributed by atoms with van der Waals surface area (Å²) in [6, 6.07) is 22.1. The predicted octanol–water partition coefficient (Wildman–Crippen LogP) is 6.05. The van der Waals surface area contributed by atoms with Crippen molar-refractivity contribution >= 4 is 16.9 Å². The number of pyridine rings is 1. The van der Waals surface area contributed by atoms with Crippen LogP contribution >= 0.6 is 0 Å². The lowest BCUT2D eigenvalue weighted by Gasteiger charge is -2.23. The molecule has 0 saturated heterocycles. The van der Waals surface area contributed by atoms with Crippen LogP contribution in [0.5, 0.6) is 5.75 Å². The van der Waals surface area contributed by atoms with Crippen LogP contribution in [0.2, 0.25) is 0 Å². The predicted molar refractivity (Wildman–Crippen MR) is 129 cm³/mol. The van der Waals surface area contributed by atoms with Crippen LogP contribution in [-0.4, -0.2) is 22.6 Å². The normalized spacial score (nSPS) is 14.9. The molecule has 1 aliphatic rings. The fourth-order valence-corrected chi connectivity index (χ4v) is 4.91. The lowest BCUT2D eigenvalue weighted by molar-refractivity contribution is -0.143. The van der Waals surface area contributed by atoms with E-state index >= 15 is 0 Å². The highest BCUT2D eigenvalue weighted by Gasteiger charge is 2.33. The number of ether oxygens (including phenoxy) is 2. The molecule has 1 saturated carbocycles. The second-order valence-electron chi connectivity index (χ2n) is 8.65. The largest absolute Gasteiger partial charge is 0.485 e. The SMILES string of the molecule is COC(=O)C(c1ccc(OCc2ccc3ccccc3n2)c(-n2cccc2)c1)C1CCCC1. The number of nitrogens with zero attached hydrogens (tertiary/aromatic N) is 2. The fourth-order valence-electron chi connectivity index (χ4n) is 4.91. The minimum atomic E-state index is -0.247. The van der Waals surface area contributed by atoms with E-state index in [1.54, 1.807) is 0 Å². The number of benzene rings is 2. The number of para-hydroxylation sites is 1. The first-order chi connectivity index (χ1) is 16.2. The number of fused-ring (bicyclic) bond motifs is 1. The van der Waals surface area contributed by atoms with Gasteiger partial charge in [0.1, 0.15) is 12.4 Å². The highest BCUT2D eigenvalue weighted by Crippen LogP contribution is 2.40. The number of methoxy groups -OCH3 is 1. The second-order valence-corrected chi connectivity index (χ2v) is 8.65. The molecule has 1 atom stereocenters. The van der Waals surface area contributed by atoms with Crippen LogP contribution in [-0.2, 0) is 16.1 Å². The van der Waals surface area contributed by atoms with Gasteiger partial charge in [0.25, 0.3) is 0 Å². The van der Waals surface area contributed by atoms with Crippen molar-refractivity contribution in [1.82, 2.24) is 9.55 Å². The Morgan fingerprint density at radius 3 is 2.61 bits per heavy atom. The van der Waals surface area contributed by atoms with Gasteiger partial charge in [-0.25, -0.2) is 4.98 Å². The summed E-state index contributed by atoms with van der Waals surface area (Å²) in [5.74, 6) is 0.667. The number of aromatic nitrogens is 2. The molecule has 1 aliphatic carbocycles. The Bertz CT molecular complexity index is 1240. The van der Waals surface area contributed by atoms with Crippen molar-refractivity contribution in [2.45, 2.75) is 38.2 Å². The first-order valence-corrected chi connectivity index (χ1v) is 11.6. The lowest BCUT2D eigenvalue weighted by atomic mass is 9.84. The van der Waals surface area contributed by atoms with Crippen LogP contribution in [0.1, 0.15) is 42.9 Å². The molecule has 4 aromatic rings. The molecule has 2 heterocycles. The molecule has 1 fully saturated rings. The van der Waals surface area contributed by atoms with E-state index in [9.17, 15) is 4.79 Å². The molecular weight excluding hydrogens is 412 g/mol. The highest BCUT2D eigenvalue weighted by atomic mass is 16.5. The van der Waals surface area contributed by atoms with Gasteiger partial charge in [0.05, 0.1) is 29.9 Å². The summed E-state index contributed by atoms with van der Waals surface area (Å²) in [7, 11) is 1.48. The Kier molecular flexibility index (Phi) is 6.11. The van der Waals surface area contributed by atoms with Crippen molar-refractivity contribution in [3.63, 3.8) is 0 Å². The van der Waals surface area contributed by atoms with Gasteiger partial charge < -0.3 is 14.0 Å². The standard InChI is InChI=1S/C28H28N2O3/c1-32-28(31)27(21-9-2-3-10-21)22-13-15-26(25(18-22)30-16-6-7-17-30)33-19-23-14-12-20-8-4-5-11-24(20)29-23/h4-8,11-18,21,27H,2-3,9-10,19H2,1H3. The molecule has 5 heteroatoms. The summed E-state index contributed by atoms with van der Waals surface area (Å²) in [6.07, 6.45) is 8.44. The van der Waals surface area contributed by atoms with Crippen LogP contribution in [0.15, 0.2) is 79.1 Å². The van der Waals surface area contributed by atoms with Crippen molar-refractivity contribution in [2.75, 3.05) is 7.11 Å². The van der Waals surface area contributed by atoms with Gasteiger partial charge in [-0.05, 0) is 60.7 Å². The van der Waals surface area contributed by atoms with Crippen molar-refractivity contribution in [3.8, 4) is 11.4 Å². The van der Waals surface area contributed by atoms with E-state index in [1.807, 2.05) is 65.5 Å². The van der Waals surface area contributed by atoms with Gasteiger partial charge in [-0.3, -0.25) is 4.79 Å². The first-order valence-electron chi connectivity index (χ1n) is 11.6. The summed E-state index contributed by atoms with van der Waals surface area (Å²) in [6.45, 7) is 0.363. The first kappa shape index (κ1) is 21.3. The van der Waals surface area contributed by atoms with Gasteiger partial charge in [-0.2, -0.15) is 0 Å². The van der Waals surface area contributed by atoms with Crippen LogP contribution in [0.3, 0.4) is 0 Å². The molecule has 1 unspecified atom stereocenters. The molecule has 0 radical (unpaired) electrons. The molecule has 0 amide bonds. The third-order valence-electron chi connectivity index (χ3n) is 6.58. The molecule has 0 aliphatic heterocycles. The molecule has 33 heavy (non-hydrogen) atoms. The smallest absolute Gasteiger partial charge is 0.313 e. The van der Waals surface area contributed by atoms with Crippen LogP contribution in [0.4, 0.5) is 0 Å². The van der Waals surface area contributed by atoms with Gasteiger partial charge in [-0.15, -0.1) is 0 Å². The van der Waals surface area contributed by atoms with Crippen molar-refractivity contribution in [3.05, 3.63) is 90.4 Å². The van der Waals surface area contributed by atoms with E-state index in [0.717, 1.165) is 46.4 Å². The highest BCUT2D eigenvalue weighted by molar-refractivity contribution is 5.79. The molecule has 0 N–H and O–H groups in total. The zero-order valence-electron chi connectivity index (χ0n) is 18.8. The van der Waals surface area contributed by atoms with E-state index in [1.165, 1.54) is 20.0 Å². The number of carbonyl (C=O) groups is 1. The lowest BCUT2D eigenvalue weighted by Crippen LogP contribution is -2.21. The Labute approximate surface area is 194 Å². The summed E-state index contributed by atoms with van der Waals surface area (Å²) in [4.78, 5) is 17.5. The Morgan fingerprint density at radius 1 is 1.03 bits per heavy atom. The summed E-state index contributed by atoms with van der Waals surface area (Å²) < 4.78 is 13.5. The second kappa shape index (κ2) is 9.49. The quantitative estimate of drug-likeness (QED) is 0.328. The van der Waals surface area contributed by atoms with Crippen molar-refractivity contribution < 1.29 is 14.3 Å². The maximum atomic E-state index is 12.7. The van der Waals surface area contributed by atoms with Gasteiger partial charge in [-0.1, -0.05) is 43.2 Å². The molecule has 5 rings (SSSR count). The topological polar surface area (TPSA) is 53.4 Å². The van der Waals surface area contributed by atoms with Gasteiger partial charge in [0.2, 0.25) is 0 Å². The number of carbonyl (C=O) groups excluding carboxylic acids is 1. The number of esters is 1. The molecule has 0 spiro atoms. The summed E-state index contributed by atoms with van der Waals surface area (Å²) in [5, 5.41) is 1.11. The average Bonchev–Trinajstić information content (AvgIpc) is 3.58. The van der Waals surface area contributed by atoms with E-state index in [2.05, 4.69) is 18.2 Å². The van der Waals surface area contributed by atoms with Gasteiger partial charge in [0.15, 0.2) is 0 Å². The van der Waals surface area contributed by atoms with Gasteiger partial charge >= 0.3 is 5.97 Å². The molecule has 0 bridgehead atoms. The van der Waals surface area contributed by atoms with E-state index in [4.69, 9.17) is 14.5 Å². The fraction of sp³-hybridized carbons (Fsp3) is 0.286.